The van der Waals surface area contributed by atoms with E-state index in [1.54, 1.807) is 24.4 Å². The van der Waals surface area contributed by atoms with Crippen molar-refractivity contribution in [1.82, 2.24) is 4.98 Å². The zero-order chi connectivity index (χ0) is 15.7. The van der Waals surface area contributed by atoms with Crippen LogP contribution in [-0.2, 0) is 0 Å². The van der Waals surface area contributed by atoms with Crippen molar-refractivity contribution in [1.29, 1.82) is 0 Å². The van der Waals surface area contributed by atoms with Gasteiger partial charge < -0.3 is 5.32 Å². The highest BCUT2D eigenvalue weighted by molar-refractivity contribution is 7.19. The van der Waals surface area contributed by atoms with E-state index in [0.29, 0.717) is 5.69 Å². The van der Waals surface area contributed by atoms with Crippen LogP contribution in [0.4, 0.5) is 21.4 Å². The van der Waals surface area contributed by atoms with Crippen LogP contribution in [0.15, 0.2) is 42.6 Å². The van der Waals surface area contributed by atoms with Crippen LogP contribution in [0.2, 0.25) is 0 Å². The quantitative estimate of drug-likeness (QED) is 0.578. The molecular formula is C13H8N4O4S. The van der Waals surface area contributed by atoms with Gasteiger partial charge in [0.25, 0.3) is 0 Å². The van der Waals surface area contributed by atoms with E-state index in [1.807, 2.05) is 12.1 Å². The van der Waals surface area contributed by atoms with Gasteiger partial charge in [0, 0.05) is 17.3 Å². The Balaban J connectivity index is 2.08. The third-order valence-electron chi connectivity index (χ3n) is 2.97. The number of fused-ring (bicyclic) bond motifs is 1. The lowest BCUT2D eigenvalue weighted by Gasteiger charge is -2.06. The maximum atomic E-state index is 11.0. The second-order valence-corrected chi connectivity index (χ2v) is 5.34. The first-order valence-electron chi connectivity index (χ1n) is 6.09. The first-order valence-corrected chi connectivity index (χ1v) is 6.91. The van der Waals surface area contributed by atoms with E-state index in [0.717, 1.165) is 28.3 Å². The van der Waals surface area contributed by atoms with Crippen LogP contribution in [0.5, 0.6) is 0 Å². The van der Waals surface area contributed by atoms with Crippen molar-refractivity contribution >= 4 is 43.6 Å². The molecule has 9 heteroatoms. The van der Waals surface area contributed by atoms with Crippen molar-refractivity contribution in [3.05, 3.63) is 62.8 Å². The third kappa shape index (κ3) is 2.44. The van der Waals surface area contributed by atoms with Gasteiger partial charge in [-0.3, -0.25) is 25.2 Å². The molecule has 0 aliphatic rings. The van der Waals surface area contributed by atoms with Crippen molar-refractivity contribution in [3.8, 4) is 0 Å². The zero-order valence-electron chi connectivity index (χ0n) is 10.9. The van der Waals surface area contributed by atoms with Crippen LogP contribution >= 0.6 is 11.3 Å². The molecule has 2 heterocycles. The molecule has 0 amide bonds. The summed E-state index contributed by atoms with van der Waals surface area (Å²) >= 11 is 0.727. The Kier molecular flexibility index (Phi) is 3.39. The minimum absolute atomic E-state index is 0.119. The molecule has 110 valence electrons. The second-order valence-electron chi connectivity index (χ2n) is 4.31. The maximum Gasteiger partial charge on any atom is 0.333 e. The fourth-order valence-corrected chi connectivity index (χ4v) is 2.87. The van der Waals surface area contributed by atoms with Crippen molar-refractivity contribution in [2.45, 2.75) is 0 Å². The van der Waals surface area contributed by atoms with Crippen LogP contribution in [-0.4, -0.2) is 14.8 Å². The van der Waals surface area contributed by atoms with Crippen LogP contribution in [0, 0.1) is 20.2 Å². The molecule has 2 aromatic heterocycles. The molecule has 0 aliphatic carbocycles. The topological polar surface area (TPSA) is 111 Å². The summed E-state index contributed by atoms with van der Waals surface area (Å²) in [6.07, 6.45) is 1.64. The lowest BCUT2D eigenvalue weighted by molar-refractivity contribution is -0.389. The second kappa shape index (κ2) is 5.37. The highest BCUT2D eigenvalue weighted by atomic mass is 32.1. The number of nitrogens with zero attached hydrogens (tertiary/aromatic N) is 3. The average molecular weight is 316 g/mol. The summed E-state index contributed by atoms with van der Waals surface area (Å²) in [7, 11) is 0. The first kappa shape index (κ1) is 13.9. The highest BCUT2D eigenvalue weighted by Gasteiger charge is 2.25. The van der Waals surface area contributed by atoms with Gasteiger partial charge in [0.2, 0.25) is 0 Å². The number of benzene rings is 1. The summed E-state index contributed by atoms with van der Waals surface area (Å²) in [5.74, 6) is 0. The molecule has 1 N–H and O–H groups in total. The molecule has 0 unspecified atom stereocenters. The summed E-state index contributed by atoms with van der Waals surface area (Å²) in [5, 5.41) is 25.4. The summed E-state index contributed by atoms with van der Waals surface area (Å²) in [6, 6.07) is 9.82. The molecule has 3 aromatic rings. The predicted molar refractivity (Wildman–Crippen MR) is 82.7 cm³/mol. The molecule has 8 nitrogen and oxygen atoms in total. The predicted octanol–water partition coefficient (Wildman–Crippen LogP) is 3.86. The van der Waals surface area contributed by atoms with Crippen LogP contribution < -0.4 is 5.32 Å². The van der Waals surface area contributed by atoms with Gasteiger partial charge in [0.05, 0.1) is 15.4 Å². The zero-order valence-corrected chi connectivity index (χ0v) is 11.7. The van der Waals surface area contributed by atoms with Gasteiger partial charge in [-0.2, -0.15) is 0 Å². The fourth-order valence-electron chi connectivity index (χ4n) is 2.02. The number of aromatic nitrogens is 1. The number of anilines is 2. The molecule has 0 spiro atoms. The summed E-state index contributed by atoms with van der Waals surface area (Å²) in [4.78, 5) is 24.8. The number of hydrogen-bond donors (Lipinski definition) is 1. The lowest BCUT2D eigenvalue weighted by atomic mass is 10.2. The lowest BCUT2D eigenvalue weighted by Crippen LogP contribution is -1.94. The van der Waals surface area contributed by atoms with E-state index in [-0.39, 0.29) is 15.7 Å². The monoisotopic (exact) mass is 316 g/mol. The van der Waals surface area contributed by atoms with E-state index in [9.17, 15) is 20.2 Å². The van der Waals surface area contributed by atoms with Crippen LogP contribution in [0.25, 0.3) is 10.9 Å². The largest absolute Gasteiger partial charge is 0.341 e. The molecular weight excluding hydrogens is 308 g/mol. The van der Waals surface area contributed by atoms with Gasteiger partial charge in [-0.15, -0.1) is 0 Å². The third-order valence-corrected chi connectivity index (χ3v) is 3.96. The Labute approximate surface area is 127 Å². The van der Waals surface area contributed by atoms with Gasteiger partial charge >= 0.3 is 10.7 Å². The fraction of sp³-hybridized carbons (Fsp3) is 0. The minimum Gasteiger partial charge on any atom is -0.341 e. The summed E-state index contributed by atoms with van der Waals surface area (Å²) in [6.45, 7) is 0. The van der Waals surface area contributed by atoms with E-state index in [2.05, 4.69) is 10.3 Å². The number of thiophene rings is 1. The Bertz CT molecular complexity index is 887. The Morgan fingerprint density at radius 3 is 2.64 bits per heavy atom. The normalized spacial score (nSPS) is 10.5. The molecule has 0 saturated heterocycles. The molecule has 22 heavy (non-hydrogen) atoms. The smallest absolute Gasteiger partial charge is 0.333 e. The van der Waals surface area contributed by atoms with Crippen LogP contribution in [0.3, 0.4) is 0 Å². The Morgan fingerprint density at radius 2 is 1.91 bits per heavy atom. The molecule has 0 bridgehead atoms. The van der Waals surface area contributed by atoms with Gasteiger partial charge in [0.1, 0.15) is 6.07 Å². The number of hydrogen-bond acceptors (Lipinski definition) is 7. The summed E-state index contributed by atoms with van der Waals surface area (Å²) < 4.78 is 0. The molecule has 1 aromatic carbocycles. The Morgan fingerprint density at radius 1 is 1.09 bits per heavy atom. The van der Waals surface area contributed by atoms with E-state index >= 15 is 0 Å². The number of rotatable bonds is 4. The molecule has 0 saturated carbocycles. The highest BCUT2D eigenvalue weighted by Crippen LogP contribution is 2.41. The van der Waals surface area contributed by atoms with E-state index in [1.165, 1.54) is 0 Å². The number of nitro groups is 2. The van der Waals surface area contributed by atoms with Gasteiger partial charge in [-0.25, -0.2) is 0 Å². The van der Waals surface area contributed by atoms with Gasteiger partial charge in [-0.1, -0.05) is 6.07 Å². The molecule has 0 fully saturated rings. The molecule has 0 atom stereocenters. The van der Waals surface area contributed by atoms with E-state index in [4.69, 9.17) is 0 Å². The SMILES string of the molecule is O=[N+]([O-])c1cc([N+](=O)[O-])c(Nc2cccc3ncccc23)s1. The molecule has 3 rings (SSSR count). The first-order chi connectivity index (χ1) is 10.6. The molecule has 0 radical (unpaired) electrons. The van der Waals surface area contributed by atoms with Crippen molar-refractivity contribution in [2.24, 2.45) is 0 Å². The number of pyridine rings is 1. The van der Waals surface area contributed by atoms with E-state index < -0.39 is 9.85 Å². The van der Waals surface area contributed by atoms with Crippen molar-refractivity contribution in [2.75, 3.05) is 5.32 Å². The molecule has 0 aliphatic heterocycles. The summed E-state index contributed by atoms with van der Waals surface area (Å²) in [5.41, 5.74) is 1.00. The minimum atomic E-state index is -0.645. The average Bonchev–Trinajstić information content (AvgIpc) is 2.92. The van der Waals surface area contributed by atoms with Gasteiger partial charge in [0.15, 0.2) is 5.00 Å². The standard InChI is InChI=1S/C13H8N4O4S/c18-16(19)11-7-12(17(20)21)22-13(11)15-10-5-1-4-9-8(10)3-2-6-14-9/h1-7,15H. The maximum absolute atomic E-state index is 11.0. The van der Waals surface area contributed by atoms with Crippen molar-refractivity contribution in [3.63, 3.8) is 0 Å². The number of nitrogens with one attached hydrogen (secondary N) is 1. The van der Waals surface area contributed by atoms with Crippen LogP contribution in [0.1, 0.15) is 0 Å². The Hall–Kier alpha value is -3.07. The van der Waals surface area contributed by atoms with Gasteiger partial charge in [-0.05, 0) is 35.6 Å². The van der Waals surface area contributed by atoms with Crippen molar-refractivity contribution < 1.29 is 9.85 Å².